The summed E-state index contributed by atoms with van der Waals surface area (Å²) >= 11 is 1.51. The Morgan fingerprint density at radius 1 is 1.75 bits per heavy atom. The van der Waals surface area contributed by atoms with Gasteiger partial charge in [-0.25, -0.2) is 4.98 Å². The zero-order valence-corrected chi connectivity index (χ0v) is 7.86. The number of hydrogen-bond donors (Lipinski definition) is 1. The average Bonchev–Trinajstić information content (AvgIpc) is 2.35. The number of rotatable bonds is 2. The Hall–Kier alpha value is -0.610. The molecular formula is C8H12N2OS. The number of hydrogen-bond acceptors (Lipinski definition) is 4. The van der Waals surface area contributed by atoms with Crippen LogP contribution in [-0.4, -0.2) is 18.2 Å². The number of nitrogens with zero attached hydrogens (tertiary/aromatic N) is 1. The van der Waals surface area contributed by atoms with Crippen LogP contribution in [0.5, 0.6) is 0 Å². The van der Waals surface area contributed by atoms with Gasteiger partial charge in [0.2, 0.25) is 0 Å². The van der Waals surface area contributed by atoms with Gasteiger partial charge in [0.1, 0.15) is 0 Å². The summed E-state index contributed by atoms with van der Waals surface area (Å²) in [6.07, 6.45) is 1.08. The molecule has 0 radical (unpaired) electrons. The molecule has 0 saturated carbocycles. The molecule has 2 rings (SSSR count). The first kappa shape index (κ1) is 8.01. The number of aromatic nitrogens is 1. The number of anilines is 1. The second kappa shape index (κ2) is 2.71. The van der Waals surface area contributed by atoms with E-state index in [2.05, 4.69) is 11.9 Å². The fourth-order valence-electron chi connectivity index (χ4n) is 1.41. The molecule has 1 aromatic rings. The van der Waals surface area contributed by atoms with Gasteiger partial charge in [-0.15, -0.1) is 11.3 Å². The second-order valence-electron chi connectivity index (χ2n) is 3.20. The lowest BCUT2D eigenvalue weighted by molar-refractivity contribution is -0.0638. The molecule has 1 aliphatic heterocycles. The number of ether oxygens (including phenoxy) is 1. The summed E-state index contributed by atoms with van der Waals surface area (Å²) in [7, 11) is 0. The molecule has 0 spiro atoms. The molecule has 0 aromatic carbocycles. The Morgan fingerprint density at radius 2 is 2.50 bits per heavy atom. The molecule has 0 atom stereocenters. The lowest BCUT2D eigenvalue weighted by atomic mass is 9.80. The molecule has 66 valence electrons. The van der Waals surface area contributed by atoms with Gasteiger partial charge in [0.25, 0.3) is 0 Å². The van der Waals surface area contributed by atoms with Crippen molar-refractivity contribution in [3.8, 4) is 0 Å². The summed E-state index contributed by atoms with van der Waals surface area (Å²) in [4.78, 5) is 4.29. The van der Waals surface area contributed by atoms with E-state index in [9.17, 15) is 0 Å². The normalized spacial score (nSPS) is 20.4. The Balaban J connectivity index is 2.27. The van der Waals surface area contributed by atoms with Gasteiger partial charge in [-0.1, -0.05) is 6.92 Å². The fraction of sp³-hybridized carbons (Fsp3) is 0.625. The molecule has 2 heterocycles. The predicted octanol–water partition coefficient (Wildman–Crippen LogP) is 1.40. The van der Waals surface area contributed by atoms with Crippen molar-refractivity contribution < 1.29 is 4.74 Å². The Labute approximate surface area is 75.6 Å². The van der Waals surface area contributed by atoms with Gasteiger partial charge in [-0.2, -0.15) is 0 Å². The highest BCUT2D eigenvalue weighted by atomic mass is 32.1. The lowest BCUT2D eigenvalue weighted by Crippen LogP contribution is -2.46. The molecule has 1 aliphatic rings. The van der Waals surface area contributed by atoms with Gasteiger partial charge in [-0.05, 0) is 6.42 Å². The molecule has 3 nitrogen and oxygen atoms in total. The van der Waals surface area contributed by atoms with Crippen LogP contribution < -0.4 is 5.73 Å². The van der Waals surface area contributed by atoms with Crippen LogP contribution >= 0.6 is 11.3 Å². The third-order valence-corrected chi connectivity index (χ3v) is 3.17. The minimum Gasteiger partial charge on any atom is -0.379 e. The van der Waals surface area contributed by atoms with E-state index in [1.165, 1.54) is 11.3 Å². The van der Waals surface area contributed by atoms with Crippen molar-refractivity contribution in [3.05, 3.63) is 11.1 Å². The van der Waals surface area contributed by atoms with E-state index >= 15 is 0 Å². The molecule has 0 aliphatic carbocycles. The van der Waals surface area contributed by atoms with Gasteiger partial charge in [0.05, 0.1) is 24.3 Å². The third kappa shape index (κ3) is 1.03. The average molecular weight is 184 g/mol. The van der Waals surface area contributed by atoms with Crippen LogP contribution in [0.4, 0.5) is 5.13 Å². The molecule has 0 unspecified atom stereocenters. The standard InChI is InChI=1S/C8H12N2OS/c1-2-8(4-11-5-8)6-3-12-7(9)10-6/h3H,2,4-5H2,1H3,(H2,9,10). The van der Waals surface area contributed by atoms with Gasteiger partial charge in [0, 0.05) is 5.38 Å². The second-order valence-corrected chi connectivity index (χ2v) is 4.09. The Morgan fingerprint density at radius 3 is 2.83 bits per heavy atom. The van der Waals surface area contributed by atoms with Gasteiger partial charge < -0.3 is 10.5 Å². The first-order valence-electron chi connectivity index (χ1n) is 4.06. The topological polar surface area (TPSA) is 48.1 Å². The van der Waals surface area contributed by atoms with Crippen LogP contribution in [0, 0.1) is 0 Å². The van der Waals surface area contributed by atoms with E-state index in [1.807, 2.05) is 5.38 Å². The fourth-order valence-corrected chi connectivity index (χ4v) is 2.10. The zero-order valence-electron chi connectivity index (χ0n) is 7.04. The van der Waals surface area contributed by atoms with Crippen LogP contribution in [0.3, 0.4) is 0 Å². The van der Waals surface area contributed by atoms with Crippen molar-refractivity contribution in [2.75, 3.05) is 18.9 Å². The first-order valence-corrected chi connectivity index (χ1v) is 4.94. The van der Waals surface area contributed by atoms with E-state index in [0.29, 0.717) is 5.13 Å². The molecule has 1 fully saturated rings. The zero-order chi connectivity index (χ0) is 8.60. The summed E-state index contributed by atoms with van der Waals surface area (Å²) in [5, 5.41) is 2.70. The molecule has 1 saturated heterocycles. The number of thiazole rings is 1. The maximum absolute atomic E-state index is 5.58. The highest BCUT2D eigenvalue weighted by molar-refractivity contribution is 7.13. The highest BCUT2D eigenvalue weighted by Crippen LogP contribution is 2.36. The summed E-state index contributed by atoms with van der Waals surface area (Å²) in [6, 6.07) is 0. The van der Waals surface area contributed by atoms with Crippen molar-refractivity contribution in [2.24, 2.45) is 0 Å². The molecule has 0 bridgehead atoms. The van der Waals surface area contributed by atoms with Crippen molar-refractivity contribution in [3.63, 3.8) is 0 Å². The quantitative estimate of drug-likeness (QED) is 0.755. The smallest absolute Gasteiger partial charge is 0.180 e. The minimum atomic E-state index is 0.175. The van der Waals surface area contributed by atoms with Crippen LogP contribution in [0.2, 0.25) is 0 Å². The maximum Gasteiger partial charge on any atom is 0.180 e. The number of nitrogen functional groups attached to an aromatic ring is 1. The maximum atomic E-state index is 5.58. The summed E-state index contributed by atoms with van der Waals surface area (Å²) in [5.41, 5.74) is 6.86. The van der Waals surface area contributed by atoms with Crippen LogP contribution in [0.25, 0.3) is 0 Å². The van der Waals surface area contributed by atoms with E-state index in [1.54, 1.807) is 0 Å². The molecule has 1 aromatic heterocycles. The number of nitrogens with two attached hydrogens (primary N) is 1. The predicted molar refractivity (Wildman–Crippen MR) is 49.3 cm³/mol. The Kier molecular flexibility index (Phi) is 1.81. The molecular weight excluding hydrogens is 172 g/mol. The van der Waals surface area contributed by atoms with Gasteiger partial charge >= 0.3 is 0 Å². The SMILES string of the molecule is CCC1(c2csc(N)n2)COC1. The van der Waals surface area contributed by atoms with E-state index in [-0.39, 0.29) is 5.41 Å². The van der Waals surface area contributed by atoms with E-state index < -0.39 is 0 Å². The summed E-state index contributed by atoms with van der Waals surface area (Å²) in [6.45, 7) is 3.76. The lowest BCUT2D eigenvalue weighted by Gasteiger charge is -2.39. The van der Waals surface area contributed by atoms with Crippen molar-refractivity contribution in [2.45, 2.75) is 18.8 Å². The molecule has 0 amide bonds. The molecule has 12 heavy (non-hydrogen) atoms. The largest absolute Gasteiger partial charge is 0.379 e. The minimum absolute atomic E-state index is 0.175. The summed E-state index contributed by atoms with van der Waals surface area (Å²) < 4.78 is 5.22. The van der Waals surface area contributed by atoms with Crippen molar-refractivity contribution in [1.29, 1.82) is 0 Å². The van der Waals surface area contributed by atoms with Crippen LogP contribution in [0.1, 0.15) is 19.0 Å². The van der Waals surface area contributed by atoms with Crippen LogP contribution in [0.15, 0.2) is 5.38 Å². The van der Waals surface area contributed by atoms with Gasteiger partial charge in [0.15, 0.2) is 5.13 Å². The van der Waals surface area contributed by atoms with E-state index in [0.717, 1.165) is 25.3 Å². The third-order valence-electron chi connectivity index (χ3n) is 2.50. The van der Waals surface area contributed by atoms with Gasteiger partial charge in [-0.3, -0.25) is 0 Å². The van der Waals surface area contributed by atoms with E-state index in [4.69, 9.17) is 10.5 Å². The van der Waals surface area contributed by atoms with Crippen LogP contribution in [-0.2, 0) is 10.2 Å². The Bertz CT molecular complexity index is 275. The monoisotopic (exact) mass is 184 g/mol. The highest BCUT2D eigenvalue weighted by Gasteiger charge is 2.40. The van der Waals surface area contributed by atoms with Crippen molar-refractivity contribution >= 4 is 16.5 Å². The first-order chi connectivity index (χ1) is 5.77. The molecule has 2 N–H and O–H groups in total. The van der Waals surface area contributed by atoms with Crippen molar-refractivity contribution in [1.82, 2.24) is 4.98 Å². The molecule has 4 heteroatoms. The summed E-state index contributed by atoms with van der Waals surface area (Å²) in [5.74, 6) is 0.